The minimum Gasteiger partial charge on any atom is -0.481 e. The summed E-state index contributed by atoms with van der Waals surface area (Å²) < 4.78 is 4.89. The molecule has 0 fully saturated rings. The standard InChI is InChI=1S/C9H14N2O3/c1-3-11(4-2)8-5-7(14-10-8)6-9(12)13/h5H,3-4,6H2,1-2H3,(H,12,13). The molecule has 0 spiro atoms. The lowest BCUT2D eigenvalue weighted by Gasteiger charge is -2.15. The fourth-order valence-corrected chi connectivity index (χ4v) is 1.23. The van der Waals surface area contributed by atoms with Crippen LogP contribution in [0.3, 0.4) is 0 Å². The highest BCUT2D eigenvalue weighted by molar-refractivity contribution is 5.69. The molecule has 78 valence electrons. The lowest BCUT2D eigenvalue weighted by molar-refractivity contribution is -0.136. The van der Waals surface area contributed by atoms with E-state index in [9.17, 15) is 4.79 Å². The van der Waals surface area contributed by atoms with E-state index < -0.39 is 5.97 Å². The summed E-state index contributed by atoms with van der Waals surface area (Å²) in [6.07, 6.45) is -0.117. The normalized spacial score (nSPS) is 10.1. The molecule has 1 N–H and O–H groups in total. The van der Waals surface area contributed by atoms with Crippen molar-refractivity contribution in [3.05, 3.63) is 11.8 Å². The maximum absolute atomic E-state index is 10.4. The van der Waals surface area contributed by atoms with Crippen LogP contribution >= 0.6 is 0 Å². The van der Waals surface area contributed by atoms with Crippen LogP contribution in [0.15, 0.2) is 10.6 Å². The largest absolute Gasteiger partial charge is 0.481 e. The number of anilines is 1. The van der Waals surface area contributed by atoms with Gasteiger partial charge in [-0.25, -0.2) is 0 Å². The van der Waals surface area contributed by atoms with E-state index in [0.29, 0.717) is 11.6 Å². The number of nitrogens with zero attached hydrogens (tertiary/aromatic N) is 2. The SMILES string of the molecule is CCN(CC)c1cc(CC(=O)O)on1. The van der Waals surface area contributed by atoms with Crippen molar-refractivity contribution in [3.63, 3.8) is 0 Å². The van der Waals surface area contributed by atoms with Crippen LogP contribution in [0.4, 0.5) is 5.82 Å². The van der Waals surface area contributed by atoms with E-state index in [1.165, 1.54) is 0 Å². The second-order valence-corrected chi connectivity index (χ2v) is 2.89. The number of hydrogen-bond acceptors (Lipinski definition) is 4. The van der Waals surface area contributed by atoms with Crippen molar-refractivity contribution in [1.82, 2.24) is 5.16 Å². The van der Waals surface area contributed by atoms with E-state index in [1.54, 1.807) is 6.07 Å². The van der Waals surface area contributed by atoms with E-state index >= 15 is 0 Å². The van der Waals surface area contributed by atoms with Crippen LogP contribution in [0.1, 0.15) is 19.6 Å². The minimum absolute atomic E-state index is 0.117. The summed E-state index contributed by atoms with van der Waals surface area (Å²) in [6.45, 7) is 5.68. The maximum Gasteiger partial charge on any atom is 0.311 e. The van der Waals surface area contributed by atoms with Gasteiger partial charge in [0.05, 0.1) is 0 Å². The molecule has 1 rings (SSSR count). The number of aliphatic carboxylic acids is 1. The van der Waals surface area contributed by atoms with E-state index in [0.717, 1.165) is 13.1 Å². The van der Waals surface area contributed by atoms with Gasteiger partial charge in [0.25, 0.3) is 0 Å². The topological polar surface area (TPSA) is 66.6 Å². The Morgan fingerprint density at radius 2 is 2.21 bits per heavy atom. The first-order valence-electron chi connectivity index (χ1n) is 4.59. The summed E-state index contributed by atoms with van der Waals surface area (Å²) in [4.78, 5) is 12.4. The Labute approximate surface area is 82.3 Å². The molecule has 0 bridgehead atoms. The Hall–Kier alpha value is -1.52. The predicted molar refractivity (Wildman–Crippen MR) is 51.4 cm³/mol. The van der Waals surface area contributed by atoms with Crippen molar-refractivity contribution in [2.24, 2.45) is 0 Å². The van der Waals surface area contributed by atoms with Crippen molar-refractivity contribution < 1.29 is 14.4 Å². The second kappa shape index (κ2) is 4.64. The first-order valence-corrected chi connectivity index (χ1v) is 4.59. The van der Waals surface area contributed by atoms with E-state index in [4.69, 9.17) is 9.63 Å². The van der Waals surface area contributed by atoms with Crippen LogP contribution in [-0.4, -0.2) is 29.3 Å². The van der Waals surface area contributed by atoms with E-state index in [1.807, 2.05) is 18.7 Å². The van der Waals surface area contributed by atoms with Gasteiger partial charge >= 0.3 is 5.97 Å². The summed E-state index contributed by atoms with van der Waals surface area (Å²) in [5.41, 5.74) is 0. The number of hydrogen-bond donors (Lipinski definition) is 1. The third-order valence-electron chi connectivity index (χ3n) is 1.96. The highest BCUT2D eigenvalue weighted by Crippen LogP contribution is 2.14. The summed E-state index contributed by atoms with van der Waals surface area (Å²) in [5.74, 6) is 0.179. The summed E-state index contributed by atoms with van der Waals surface area (Å²) >= 11 is 0. The van der Waals surface area contributed by atoms with Gasteiger partial charge in [-0.15, -0.1) is 0 Å². The van der Waals surface area contributed by atoms with Gasteiger partial charge in [0, 0.05) is 19.2 Å². The van der Waals surface area contributed by atoms with Gasteiger partial charge in [-0.3, -0.25) is 4.79 Å². The third kappa shape index (κ3) is 2.48. The van der Waals surface area contributed by atoms with Gasteiger partial charge in [-0.2, -0.15) is 0 Å². The van der Waals surface area contributed by atoms with E-state index in [2.05, 4.69) is 5.16 Å². The van der Waals surface area contributed by atoms with Crippen LogP contribution in [0, 0.1) is 0 Å². The predicted octanol–water partition coefficient (Wildman–Crippen LogP) is 1.15. The first-order chi connectivity index (χ1) is 6.67. The number of carbonyl (C=O) groups is 1. The molecule has 0 radical (unpaired) electrons. The smallest absolute Gasteiger partial charge is 0.311 e. The minimum atomic E-state index is -0.910. The average Bonchev–Trinajstić information content (AvgIpc) is 2.54. The molecule has 5 heteroatoms. The van der Waals surface area contributed by atoms with Crippen LogP contribution in [-0.2, 0) is 11.2 Å². The second-order valence-electron chi connectivity index (χ2n) is 2.89. The number of carboxylic acids is 1. The number of carboxylic acid groups (broad SMARTS) is 1. The highest BCUT2D eigenvalue weighted by atomic mass is 16.5. The molecule has 0 unspecified atom stereocenters. The molecule has 1 aromatic rings. The molecule has 0 aliphatic rings. The third-order valence-corrected chi connectivity index (χ3v) is 1.96. The summed E-state index contributed by atoms with van der Waals surface area (Å²) in [5, 5.41) is 12.3. The van der Waals surface area contributed by atoms with Crippen LogP contribution in [0.5, 0.6) is 0 Å². The maximum atomic E-state index is 10.4. The number of rotatable bonds is 5. The van der Waals surface area contributed by atoms with Crippen molar-refractivity contribution in [2.75, 3.05) is 18.0 Å². The molecule has 0 amide bonds. The van der Waals surface area contributed by atoms with Gasteiger partial charge in [0.1, 0.15) is 12.2 Å². The molecule has 14 heavy (non-hydrogen) atoms. The van der Waals surface area contributed by atoms with Crippen LogP contribution in [0.25, 0.3) is 0 Å². The Morgan fingerprint density at radius 1 is 1.57 bits per heavy atom. The molecule has 0 atom stereocenters. The molecule has 0 aliphatic heterocycles. The molecule has 0 saturated heterocycles. The molecule has 1 aromatic heterocycles. The zero-order valence-corrected chi connectivity index (χ0v) is 8.36. The molecule has 0 saturated carbocycles. The Bertz CT molecular complexity index is 305. The van der Waals surface area contributed by atoms with E-state index in [-0.39, 0.29) is 6.42 Å². The lowest BCUT2D eigenvalue weighted by atomic mass is 10.3. The molecular weight excluding hydrogens is 184 g/mol. The fourth-order valence-electron chi connectivity index (χ4n) is 1.23. The van der Waals surface area contributed by atoms with Gasteiger partial charge in [-0.05, 0) is 13.8 Å². The Kier molecular flexibility index (Phi) is 3.50. The highest BCUT2D eigenvalue weighted by Gasteiger charge is 2.11. The Balaban J connectivity index is 2.71. The van der Waals surface area contributed by atoms with Gasteiger partial charge in [-0.1, -0.05) is 5.16 Å². The van der Waals surface area contributed by atoms with Gasteiger partial charge in [0.15, 0.2) is 5.82 Å². The van der Waals surface area contributed by atoms with Gasteiger partial charge in [0.2, 0.25) is 0 Å². The molecular formula is C9H14N2O3. The van der Waals surface area contributed by atoms with Gasteiger partial charge < -0.3 is 14.5 Å². The quantitative estimate of drug-likeness (QED) is 0.768. The summed E-state index contributed by atoms with van der Waals surface area (Å²) in [6, 6.07) is 1.67. The molecule has 1 heterocycles. The van der Waals surface area contributed by atoms with Crippen molar-refractivity contribution in [1.29, 1.82) is 0 Å². The lowest BCUT2D eigenvalue weighted by Crippen LogP contribution is -2.21. The van der Waals surface area contributed by atoms with Crippen LogP contribution in [0.2, 0.25) is 0 Å². The van der Waals surface area contributed by atoms with Crippen molar-refractivity contribution in [2.45, 2.75) is 20.3 Å². The molecule has 5 nitrogen and oxygen atoms in total. The number of aromatic nitrogens is 1. The van der Waals surface area contributed by atoms with Crippen molar-refractivity contribution >= 4 is 11.8 Å². The molecule has 0 aliphatic carbocycles. The van der Waals surface area contributed by atoms with Crippen LogP contribution < -0.4 is 4.90 Å². The zero-order chi connectivity index (χ0) is 10.6. The zero-order valence-electron chi connectivity index (χ0n) is 8.36. The Morgan fingerprint density at radius 3 is 2.71 bits per heavy atom. The van der Waals surface area contributed by atoms with Crippen molar-refractivity contribution in [3.8, 4) is 0 Å². The average molecular weight is 198 g/mol. The first kappa shape index (κ1) is 10.6. The fraction of sp³-hybridized carbons (Fsp3) is 0.556. The summed E-state index contributed by atoms with van der Waals surface area (Å²) in [7, 11) is 0. The molecule has 0 aromatic carbocycles. The monoisotopic (exact) mass is 198 g/mol.